The molecular formula is C16H33N. The minimum atomic E-state index is 0.362. The summed E-state index contributed by atoms with van der Waals surface area (Å²) in [5.74, 6) is 0.830. The first-order valence-corrected chi connectivity index (χ1v) is 7.47. The zero-order chi connectivity index (χ0) is 13.1. The van der Waals surface area contributed by atoms with Crippen LogP contribution in [0.25, 0.3) is 0 Å². The molecule has 0 aliphatic carbocycles. The topological polar surface area (TPSA) is 12.0 Å². The Bertz CT molecular complexity index is 224. The molecule has 1 aliphatic heterocycles. The van der Waals surface area contributed by atoms with E-state index in [1.54, 1.807) is 0 Å². The van der Waals surface area contributed by atoms with Crippen LogP contribution in [-0.2, 0) is 0 Å². The second-order valence-corrected chi connectivity index (χ2v) is 7.96. The fourth-order valence-corrected chi connectivity index (χ4v) is 2.99. The van der Waals surface area contributed by atoms with Gasteiger partial charge in [-0.1, -0.05) is 40.5 Å². The molecule has 1 N–H and O–H groups in total. The van der Waals surface area contributed by atoms with Gasteiger partial charge >= 0.3 is 0 Å². The maximum Gasteiger partial charge on any atom is 0.0127 e. The molecule has 0 saturated carbocycles. The molecule has 1 aliphatic rings. The Balaban J connectivity index is 2.30. The number of hydrogen-bond acceptors (Lipinski definition) is 1. The van der Waals surface area contributed by atoms with Crippen LogP contribution >= 0.6 is 0 Å². The van der Waals surface area contributed by atoms with Crippen molar-refractivity contribution in [3.63, 3.8) is 0 Å². The van der Waals surface area contributed by atoms with E-state index in [2.05, 4.69) is 46.9 Å². The number of piperidine rings is 1. The molecule has 0 aromatic rings. The molecule has 2 atom stereocenters. The Labute approximate surface area is 109 Å². The van der Waals surface area contributed by atoms with Crippen molar-refractivity contribution in [1.29, 1.82) is 0 Å². The molecule has 1 nitrogen and oxygen atoms in total. The summed E-state index contributed by atoms with van der Waals surface area (Å²) >= 11 is 0. The van der Waals surface area contributed by atoms with Gasteiger partial charge in [-0.05, 0) is 50.9 Å². The van der Waals surface area contributed by atoms with Crippen LogP contribution in [0.4, 0.5) is 0 Å². The Morgan fingerprint density at radius 2 is 1.94 bits per heavy atom. The monoisotopic (exact) mass is 239 g/mol. The van der Waals surface area contributed by atoms with Gasteiger partial charge in [-0.25, -0.2) is 0 Å². The number of hydrogen-bond donors (Lipinski definition) is 1. The van der Waals surface area contributed by atoms with Crippen LogP contribution in [0.3, 0.4) is 0 Å². The highest BCUT2D eigenvalue weighted by atomic mass is 15.0. The second kappa shape index (κ2) is 5.73. The first kappa shape index (κ1) is 15.0. The van der Waals surface area contributed by atoms with Gasteiger partial charge in [0, 0.05) is 11.6 Å². The van der Waals surface area contributed by atoms with Gasteiger partial charge in [-0.15, -0.1) is 0 Å². The van der Waals surface area contributed by atoms with Crippen LogP contribution < -0.4 is 5.32 Å². The molecule has 0 spiro atoms. The van der Waals surface area contributed by atoms with E-state index in [-0.39, 0.29) is 0 Å². The summed E-state index contributed by atoms with van der Waals surface area (Å²) in [6, 6.07) is 0.749. The summed E-state index contributed by atoms with van der Waals surface area (Å²) in [4.78, 5) is 0. The molecule has 17 heavy (non-hydrogen) atoms. The van der Waals surface area contributed by atoms with E-state index in [1.165, 1.54) is 38.5 Å². The lowest BCUT2D eigenvalue weighted by Crippen LogP contribution is -2.51. The minimum absolute atomic E-state index is 0.362. The lowest BCUT2D eigenvalue weighted by atomic mass is 9.81. The molecule has 1 rings (SSSR count). The van der Waals surface area contributed by atoms with Gasteiger partial charge in [0.15, 0.2) is 0 Å². The fraction of sp³-hybridized carbons (Fsp3) is 1.00. The number of nitrogens with one attached hydrogen (secondary N) is 1. The molecule has 2 unspecified atom stereocenters. The maximum absolute atomic E-state index is 3.84. The smallest absolute Gasteiger partial charge is 0.0127 e. The van der Waals surface area contributed by atoms with Gasteiger partial charge in [-0.3, -0.25) is 0 Å². The minimum Gasteiger partial charge on any atom is -0.309 e. The van der Waals surface area contributed by atoms with Crippen LogP contribution in [-0.4, -0.2) is 11.6 Å². The van der Waals surface area contributed by atoms with E-state index >= 15 is 0 Å². The molecule has 1 heteroatoms. The predicted octanol–water partition coefficient (Wildman–Crippen LogP) is 4.76. The molecule has 1 heterocycles. The summed E-state index contributed by atoms with van der Waals surface area (Å²) in [7, 11) is 0. The van der Waals surface area contributed by atoms with E-state index in [0.717, 1.165) is 12.0 Å². The Morgan fingerprint density at radius 3 is 2.47 bits per heavy atom. The van der Waals surface area contributed by atoms with Crippen molar-refractivity contribution < 1.29 is 0 Å². The highest BCUT2D eigenvalue weighted by Gasteiger charge is 2.29. The Morgan fingerprint density at radius 1 is 1.29 bits per heavy atom. The normalized spacial score (nSPS) is 26.8. The van der Waals surface area contributed by atoms with E-state index < -0.39 is 0 Å². The molecule has 0 aromatic heterocycles. The van der Waals surface area contributed by atoms with E-state index in [4.69, 9.17) is 0 Å². The van der Waals surface area contributed by atoms with Crippen molar-refractivity contribution >= 4 is 0 Å². The summed E-state index contributed by atoms with van der Waals surface area (Å²) in [5.41, 5.74) is 0.861. The molecule has 0 bridgehead atoms. The molecule has 0 aromatic carbocycles. The lowest BCUT2D eigenvalue weighted by molar-refractivity contribution is 0.190. The van der Waals surface area contributed by atoms with Crippen molar-refractivity contribution in [2.75, 3.05) is 0 Å². The molecule has 102 valence electrons. The van der Waals surface area contributed by atoms with Crippen molar-refractivity contribution in [3.8, 4) is 0 Å². The van der Waals surface area contributed by atoms with Crippen molar-refractivity contribution in [2.24, 2.45) is 11.3 Å². The predicted molar refractivity (Wildman–Crippen MR) is 77.3 cm³/mol. The van der Waals surface area contributed by atoms with Crippen LogP contribution in [0.2, 0.25) is 0 Å². The van der Waals surface area contributed by atoms with Gasteiger partial charge in [-0.2, -0.15) is 0 Å². The first-order chi connectivity index (χ1) is 7.70. The van der Waals surface area contributed by atoms with Gasteiger partial charge in [0.2, 0.25) is 0 Å². The quantitative estimate of drug-likeness (QED) is 0.746. The van der Waals surface area contributed by atoms with Crippen molar-refractivity contribution in [3.05, 3.63) is 0 Å². The Kier molecular flexibility index (Phi) is 5.07. The summed E-state index contributed by atoms with van der Waals surface area (Å²) in [6.45, 7) is 14.2. The van der Waals surface area contributed by atoms with Gasteiger partial charge < -0.3 is 5.32 Å². The van der Waals surface area contributed by atoms with Crippen molar-refractivity contribution in [2.45, 2.75) is 91.6 Å². The second-order valence-electron chi connectivity index (χ2n) is 7.96. The van der Waals surface area contributed by atoms with E-state index in [0.29, 0.717) is 11.0 Å². The summed E-state index contributed by atoms with van der Waals surface area (Å²) in [6.07, 6.45) is 8.22. The fourth-order valence-electron chi connectivity index (χ4n) is 2.99. The molecular weight excluding hydrogens is 206 g/mol. The third-order valence-electron chi connectivity index (χ3n) is 4.17. The zero-order valence-corrected chi connectivity index (χ0v) is 12.9. The van der Waals surface area contributed by atoms with Gasteiger partial charge in [0.25, 0.3) is 0 Å². The van der Waals surface area contributed by atoms with Crippen LogP contribution in [0.15, 0.2) is 0 Å². The maximum atomic E-state index is 3.84. The van der Waals surface area contributed by atoms with Crippen molar-refractivity contribution in [1.82, 2.24) is 5.32 Å². The van der Waals surface area contributed by atoms with Crippen LogP contribution in [0.5, 0.6) is 0 Å². The number of rotatable bonds is 4. The third-order valence-corrected chi connectivity index (χ3v) is 4.17. The van der Waals surface area contributed by atoms with Gasteiger partial charge in [0.1, 0.15) is 0 Å². The Hall–Kier alpha value is -0.0400. The zero-order valence-electron chi connectivity index (χ0n) is 12.9. The third kappa shape index (κ3) is 5.90. The van der Waals surface area contributed by atoms with E-state index in [1.807, 2.05) is 0 Å². The van der Waals surface area contributed by atoms with Gasteiger partial charge in [0.05, 0.1) is 0 Å². The average Bonchev–Trinajstić information content (AvgIpc) is 2.13. The highest BCUT2D eigenvalue weighted by Crippen LogP contribution is 2.29. The molecule has 0 amide bonds. The summed E-state index contributed by atoms with van der Waals surface area (Å²) in [5, 5.41) is 3.84. The van der Waals surface area contributed by atoms with Crippen LogP contribution in [0.1, 0.15) is 80.1 Å². The molecule has 1 fully saturated rings. The standard InChI is InChI=1S/C16H33N/c1-13(9-7-11-15(2,3)4)14-10-8-12-16(5,6)17-14/h13-14,17H,7-12H2,1-6H3. The molecule has 0 radical (unpaired) electrons. The first-order valence-electron chi connectivity index (χ1n) is 7.47. The lowest BCUT2D eigenvalue weighted by Gasteiger charge is -2.40. The highest BCUT2D eigenvalue weighted by molar-refractivity contribution is 4.89. The van der Waals surface area contributed by atoms with Crippen LogP contribution in [0, 0.1) is 11.3 Å². The molecule has 1 saturated heterocycles. The average molecular weight is 239 g/mol. The summed E-state index contributed by atoms with van der Waals surface area (Å²) < 4.78 is 0. The van der Waals surface area contributed by atoms with E-state index in [9.17, 15) is 0 Å². The largest absolute Gasteiger partial charge is 0.309 e. The SMILES string of the molecule is CC(CCCC(C)(C)C)C1CCCC(C)(C)N1.